The lowest BCUT2D eigenvalue weighted by Gasteiger charge is -2.17. The summed E-state index contributed by atoms with van der Waals surface area (Å²) >= 11 is 0. The monoisotopic (exact) mass is 233 g/mol. The van der Waals surface area contributed by atoms with Crippen molar-refractivity contribution in [3.63, 3.8) is 0 Å². The zero-order chi connectivity index (χ0) is 11.7. The molecule has 1 aromatic rings. The van der Waals surface area contributed by atoms with Gasteiger partial charge in [0.15, 0.2) is 0 Å². The summed E-state index contributed by atoms with van der Waals surface area (Å²) in [5.74, 6) is 2.02. The van der Waals surface area contributed by atoms with Gasteiger partial charge in [-0.15, -0.1) is 0 Å². The predicted molar refractivity (Wildman–Crippen MR) is 68.9 cm³/mol. The summed E-state index contributed by atoms with van der Waals surface area (Å²) < 4.78 is 0. The molecule has 0 atom stereocenters. The van der Waals surface area contributed by atoms with Gasteiger partial charge in [0.25, 0.3) is 0 Å². The molecule has 0 radical (unpaired) electrons. The first-order valence-corrected chi connectivity index (χ1v) is 7.07. The highest BCUT2D eigenvalue weighted by molar-refractivity contribution is 5.14. The number of aryl methyl sites for hydroxylation is 2. The van der Waals surface area contributed by atoms with Crippen molar-refractivity contribution < 1.29 is 0 Å². The Kier molecular flexibility index (Phi) is 3.19. The van der Waals surface area contributed by atoms with Crippen molar-refractivity contribution in [3.8, 4) is 0 Å². The molecule has 1 aromatic heterocycles. The van der Waals surface area contributed by atoms with Crippen LogP contribution in [0.3, 0.4) is 0 Å². The number of H-pyrrole nitrogens is 1. The fraction of sp³-hybridized carbons (Fsp3) is 0.786. The first kappa shape index (κ1) is 11.3. The second kappa shape index (κ2) is 4.81. The van der Waals surface area contributed by atoms with Gasteiger partial charge in [-0.2, -0.15) is 5.10 Å². The maximum Gasteiger partial charge on any atom is 0.0522 e. The zero-order valence-corrected chi connectivity index (χ0v) is 10.7. The fourth-order valence-electron chi connectivity index (χ4n) is 2.80. The molecule has 0 aromatic carbocycles. The third-order valence-electron chi connectivity index (χ3n) is 4.20. The summed E-state index contributed by atoms with van der Waals surface area (Å²) in [6.45, 7) is 3.27. The van der Waals surface area contributed by atoms with Crippen molar-refractivity contribution in [1.82, 2.24) is 15.5 Å². The lowest BCUT2D eigenvalue weighted by atomic mass is 10.1. The Hall–Kier alpha value is -0.830. The van der Waals surface area contributed by atoms with E-state index in [1.807, 2.05) is 6.20 Å². The summed E-state index contributed by atoms with van der Waals surface area (Å²) in [6, 6.07) is 0.848. The number of nitrogens with zero attached hydrogens (tertiary/aromatic N) is 1. The Balaban J connectivity index is 1.38. The van der Waals surface area contributed by atoms with E-state index in [1.165, 1.54) is 49.9 Å². The van der Waals surface area contributed by atoms with E-state index in [0.717, 1.165) is 24.3 Å². The van der Waals surface area contributed by atoms with Crippen molar-refractivity contribution in [2.24, 2.45) is 11.8 Å². The molecule has 2 aliphatic carbocycles. The SMILES string of the molecule is Cc1[nH]ncc1CCCNC(C1CC1)C1CC1. The van der Waals surface area contributed by atoms with E-state index in [4.69, 9.17) is 0 Å². The van der Waals surface area contributed by atoms with Gasteiger partial charge < -0.3 is 5.32 Å². The van der Waals surface area contributed by atoms with Crippen molar-refractivity contribution >= 4 is 0 Å². The Morgan fingerprint density at radius 1 is 1.35 bits per heavy atom. The zero-order valence-electron chi connectivity index (χ0n) is 10.7. The Labute approximate surface area is 103 Å². The number of aromatic amines is 1. The smallest absolute Gasteiger partial charge is 0.0522 e. The van der Waals surface area contributed by atoms with E-state index in [2.05, 4.69) is 22.4 Å². The van der Waals surface area contributed by atoms with Gasteiger partial charge in [0, 0.05) is 11.7 Å². The van der Waals surface area contributed by atoms with Crippen LogP contribution in [0.1, 0.15) is 43.4 Å². The van der Waals surface area contributed by atoms with Gasteiger partial charge in [-0.1, -0.05) is 0 Å². The molecule has 3 rings (SSSR count). The average Bonchev–Trinajstić information content (AvgIpc) is 3.21. The predicted octanol–water partition coefficient (Wildman–Crippen LogP) is 2.43. The molecule has 17 heavy (non-hydrogen) atoms. The normalized spacial score (nSPS) is 20.1. The van der Waals surface area contributed by atoms with Crippen LogP contribution in [0.15, 0.2) is 6.20 Å². The van der Waals surface area contributed by atoms with Crippen LogP contribution >= 0.6 is 0 Å². The molecule has 2 fully saturated rings. The summed E-state index contributed by atoms with van der Waals surface area (Å²) in [6.07, 6.45) is 10.2. The molecule has 2 saturated carbocycles. The molecule has 0 bridgehead atoms. The minimum absolute atomic E-state index is 0.848. The van der Waals surface area contributed by atoms with Crippen LogP contribution in [0.25, 0.3) is 0 Å². The molecule has 3 heteroatoms. The van der Waals surface area contributed by atoms with Crippen LogP contribution in [0.2, 0.25) is 0 Å². The van der Waals surface area contributed by atoms with Crippen LogP contribution < -0.4 is 5.32 Å². The van der Waals surface area contributed by atoms with Crippen molar-refractivity contribution in [2.45, 2.75) is 51.5 Å². The molecule has 94 valence electrons. The van der Waals surface area contributed by atoms with Crippen LogP contribution in [-0.4, -0.2) is 22.8 Å². The van der Waals surface area contributed by atoms with Gasteiger partial charge in [0.1, 0.15) is 0 Å². The molecule has 0 amide bonds. The van der Waals surface area contributed by atoms with Crippen LogP contribution in [0, 0.1) is 18.8 Å². The van der Waals surface area contributed by atoms with Crippen LogP contribution in [0.4, 0.5) is 0 Å². The topological polar surface area (TPSA) is 40.7 Å². The summed E-state index contributed by atoms with van der Waals surface area (Å²) in [7, 11) is 0. The van der Waals surface area contributed by atoms with Gasteiger partial charge >= 0.3 is 0 Å². The second-order valence-electron chi connectivity index (χ2n) is 5.78. The highest BCUT2D eigenvalue weighted by atomic mass is 15.1. The second-order valence-corrected chi connectivity index (χ2v) is 5.78. The maximum absolute atomic E-state index is 4.07. The summed E-state index contributed by atoms with van der Waals surface area (Å²) in [5, 5.41) is 10.9. The number of rotatable bonds is 7. The van der Waals surface area contributed by atoms with E-state index in [1.54, 1.807) is 0 Å². The molecule has 1 heterocycles. The lowest BCUT2D eigenvalue weighted by Crippen LogP contribution is -2.34. The Morgan fingerprint density at radius 3 is 2.59 bits per heavy atom. The van der Waals surface area contributed by atoms with E-state index in [9.17, 15) is 0 Å². The number of aromatic nitrogens is 2. The first-order valence-electron chi connectivity index (χ1n) is 7.07. The van der Waals surface area contributed by atoms with Gasteiger partial charge in [-0.3, -0.25) is 5.10 Å². The van der Waals surface area contributed by atoms with Crippen molar-refractivity contribution in [2.75, 3.05) is 6.54 Å². The van der Waals surface area contributed by atoms with E-state index in [-0.39, 0.29) is 0 Å². The summed E-state index contributed by atoms with van der Waals surface area (Å²) in [4.78, 5) is 0. The number of hydrogen-bond donors (Lipinski definition) is 2. The fourth-order valence-corrected chi connectivity index (χ4v) is 2.80. The molecule has 2 N–H and O–H groups in total. The highest BCUT2D eigenvalue weighted by Gasteiger charge is 2.40. The molecular weight excluding hydrogens is 210 g/mol. The number of hydrogen-bond acceptors (Lipinski definition) is 2. The molecule has 0 unspecified atom stereocenters. The summed E-state index contributed by atoms with van der Waals surface area (Å²) in [5.41, 5.74) is 2.60. The average molecular weight is 233 g/mol. The molecule has 0 aliphatic heterocycles. The molecule has 0 saturated heterocycles. The standard InChI is InChI=1S/C14H23N3/c1-10-13(9-16-17-10)3-2-8-15-14(11-4-5-11)12-6-7-12/h9,11-12,14-15H,2-8H2,1H3,(H,16,17). The van der Waals surface area contributed by atoms with E-state index >= 15 is 0 Å². The molecular formula is C14H23N3. The van der Waals surface area contributed by atoms with Crippen molar-refractivity contribution in [1.29, 1.82) is 0 Å². The molecule has 2 aliphatic rings. The first-order chi connectivity index (χ1) is 8.34. The minimum Gasteiger partial charge on any atom is -0.313 e. The molecule has 3 nitrogen and oxygen atoms in total. The third kappa shape index (κ3) is 2.89. The molecule has 0 spiro atoms. The largest absolute Gasteiger partial charge is 0.313 e. The van der Waals surface area contributed by atoms with Crippen LogP contribution in [0.5, 0.6) is 0 Å². The van der Waals surface area contributed by atoms with Gasteiger partial charge in [0.05, 0.1) is 6.20 Å². The van der Waals surface area contributed by atoms with Crippen LogP contribution in [-0.2, 0) is 6.42 Å². The van der Waals surface area contributed by atoms with E-state index < -0.39 is 0 Å². The number of nitrogens with one attached hydrogen (secondary N) is 2. The minimum atomic E-state index is 0.848. The van der Waals surface area contributed by atoms with Gasteiger partial charge in [0.2, 0.25) is 0 Å². The van der Waals surface area contributed by atoms with Crippen molar-refractivity contribution in [3.05, 3.63) is 17.5 Å². The Bertz CT molecular complexity index is 351. The highest BCUT2D eigenvalue weighted by Crippen LogP contribution is 2.44. The van der Waals surface area contributed by atoms with Gasteiger partial charge in [-0.25, -0.2) is 0 Å². The van der Waals surface area contributed by atoms with E-state index in [0.29, 0.717) is 0 Å². The lowest BCUT2D eigenvalue weighted by molar-refractivity contribution is 0.414. The Morgan fingerprint density at radius 2 is 2.06 bits per heavy atom. The quantitative estimate of drug-likeness (QED) is 0.710. The third-order valence-corrected chi connectivity index (χ3v) is 4.20. The van der Waals surface area contributed by atoms with Gasteiger partial charge in [-0.05, 0) is 69.4 Å². The maximum atomic E-state index is 4.07.